The maximum Gasteiger partial charge on any atom is 0.416 e. The van der Waals surface area contributed by atoms with Crippen molar-refractivity contribution in [3.8, 4) is 22.6 Å². The van der Waals surface area contributed by atoms with Crippen molar-refractivity contribution in [3.05, 3.63) is 72.0 Å². The van der Waals surface area contributed by atoms with Gasteiger partial charge in [-0.25, -0.2) is 12.8 Å². The SMILES string of the molecule is O=C(C1CC1)N1CC2(CC(OC[C@H]3CN(S(=O)(=O)c4cccc(C(F)(F)F)c4)c4cc(-c5cc(F)cc(OC(F)F)c5)ccc4O3)C2)C1. The maximum absolute atomic E-state index is 14.3. The van der Waals surface area contributed by atoms with E-state index in [1.807, 2.05) is 4.90 Å². The fourth-order valence-electron chi connectivity index (χ4n) is 6.70. The van der Waals surface area contributed by atoms with Gasteiger partial charge in [0.25, 0.3) is 10.0 Å². The van der Waals surface area contributed by atoms with Gasteiger partial charge >= 0.3 is 12.8 Å². The molecule has 256 valence electrons. The van der Waals surface area contributed by atoms with Gasteiger partial charge in [-0.05, 0) is 79.3 Å². The van der Waals surface area contributed by atoms with Crippen LogP contribution in [-0.4, -0.2) is 64.3 Å². The monoisotopic (exact) mass is 696 g/mol. The number of amides is 1. The summed E-state index contributed by atoms with van der Waals surface area (Å²) in [7, 11) is -4.62. The smallest absolute Gasteiger partial charge is 0.416 e. The Hall–Kier alpha value is -3.98. The van der Waals surface area contributed by atoms with Gasteiger partial charge in [-0.15, -0.1) is 0 Å². The molecular weight excluding hydrogens is 666 g/mol. The van der Waals surface area contributed by atoms with Crippen LogP contribution in [0.5, 0.6) is 11.5 Å². The van der Waals surface area contributed by atoms with Crippen LogP contribution in [0.4, 0.5) is 32.0 Å². The molecule has 8 nitrogen and oxygen atoms in total. The van der Waals surface area contributed by atoms with E-state index in [-0.39, 0.29) is 59.1 Å². The predicted molar refractivity (Wildman–Crippen MR) is 160 cm³/mol. The van der Waals surface area contributed by atoms with Crippen molar-refractivity contribution in [2.75, 3.05) is 30.5 Å². The zero-order valence-corrected chi connectivity index (χ0v) is 26.1. The van der Waals surface area contributed by atoms with Crippen LogP contribution >= 0.6 is 0 Å². The van der Waals surface area contributed by atoms with Gasteiger partial charge in [0.05, 0.1) is 35.4 Å². The van der Waals surface area contributed by atoms with Crippen LogP contribution in [0, 0.1) is 17.2 Å². The molecular formula is C33H30F6N2O6S. The van der Waals surface area contributed by atoms with Crippen molar-refractivity contribution in [1.29, 1.82) is 0 Å². The molecule has 48 heavy (non-hydrogen) atoms. The molecule has 4 aliphatic rings. The molecule has 0 unspecified atom stereocenters. The average Bonchev–Trinajstić information content (AvgIpc) is 3.83. The first-order valence-corrected chi connectivity index (χ1v) is 16.8. The summed E-state index contributed by atoms with van der Waals surface area (Å²) in [5.74, 6) is -0.888. The van der Waals surface area contributed by atoms with Gasteiger partial charge in [-0.1, -0.05) is 12.1 Å². The molecule has 2 aliphatic carbocycles. The lowest BCUT2D eigenvalue weighted by atomic mass is 9.61. The summed E-state index contributed by atoms with van der Waals surface area (Å²) in [5, 5.41) is 0. The molecule has 1 spiro atoms. The number of fused-ring (bicyclic) bond motifs is 1. The number of nitrogens with zero attached hydrogens (tertiary/aromatic N) is 2. The van der Waals surface area contributed by atoms with Gasteiger partial charge in [-0.3, -0.25) is 9.10 Å². The number of alkyl halides is 5. The number of hydrogen-bond acceptors (Lipinski definition) is 6. The number of anilines is 1. The second-order valence-corrected chi connectivity index (χ2v) is 14.7. The second-order valence-electron chi connectivity index (χ2n) is 12.9. The highest BCUT2D eigenvalue weighted by molar-refractivity contribution is 7.92. The summed E-state index contributed by atoms with van der Waals surface area (Å²) in [6.07, 6.45) is -2.38. The molecule has 0 bridgehead atoms. The first-order valence-electron chi connectivity index (χ1n) is 15.4. The number of carbonyl (C=O) groups is 1. The first-order chi connectivity index (χ1) is 22.7. The summed E-state index contributed by atoms with van der Waals surface area (Å²) in [4.78, 5) is 13.6. The molecule has 3 aromatic rings. The summed E-state index contributed by atoms with van der Waals surface area (Å²) in [6.45, 7) is -2.16. The highest BCUT2D eigenvalue weighted by Gasteiger charge is 2.55. The standard InChI is InChI=1S/C33H30F6N2O6S/c34-23-8-21(9-24(12-23)47-31(35)36)20-6-7-29-28(10-20)41(48(43,44)27-3-1-2-22(11-27)33(37,38)39)15-26(46-29)16-45-25-13-32(14-25)17-40(18-32)30(42)19-4-5-19/h1-3,6-12,19,25-26,31H,4-5,13-18H2/t26-/m1/s1. The minimum atomic E-state index is -4.80. The number of halogens is 6. The van der Waals surface area contributed by atoms with Crippen LogP contribution in [0.15, 0.2) is 65.6 Å². The Bertz CT molecular complexity index is 1840. The van der Waals surface area contributed by atoms with E-state index in [4.69, 9.17) is 9.47 Å². The third-order valence-electron chi connectivity index (χ3n) is 9.20. The normalized spacial score (nSPS) is 20.6. The van der Waals surface area contributed by atoms with Crippen LogP contribution in [-0.2, 0) is 25.7 Å². The lowest BCUT2D eigenvalue weighted by Crippen LogP contribution is -2.65. The molecule has 0 radical (unpaired) electrons. The topological polar surface area (TPSA) is 85.4 Å². The van der Waals surface area contributed by atoms with Crippen LogP contribution in [0.3, 0.4) is 0 Å². The fraction of sp³-hybridized carbons (Fsp3) is 0.424. The highest BCUT2D eigenvalue weighted by Crippen LogP contribution is 2.51. The molecule has 7 rings (SSSR count). The molecule has 2 heterocycles. The molecule has 0 aromatic heterocycles. The van der Waals surface area contributed by atoms with Crippen LogP contribution in [0.25, 0.3) is 11.1 Å². The van der Waals surface area contributed by atoms with Gasteiger partial charge < -0.3 is 19.1 Å². The molecule has 3 aromatic carbocycles. The zero-order chi connectivity index (χ0) is 34.0. The van der Waals surface area contributed by atoms with E-state index < -0.39 is 50.9 Å². The van der Waals surface area contributed by atoms with Gasteiger partial charge in [0, 0.05) is 30.5 Å². The van der Waals surface area contributed by atoms with E-state index in [2.05, 4.69) is 4.74 Å². The largest absolute Gasteiger partial charge is 0.484 e. The van der Waals surface area contributed by atoms with Gasteiger partial charge in [-0.2, -0.15) is 22.0 Å². The lowest BCUT2D eigenvalue weighted by Gasteiger charge is -2.58. The van der Waals surface area contributed by atoms with Crippen molar-refractivity contribution in [3.63, 3.8) is 0 Å². The molecule has 1 atom stereocenters. The minimum absolute atomic E-state index is 0.0144. The van der Waals surface area contributed by atoms with E-state index in [9.17, 15) is 39.6 Å². The number of likely N-dealkylation sites (tertiary alicyclic amines) is 1. The number of sulfonamides is 1. The summed E-state index contributed by atoms with van der Waals surface area (Å²) in [5.41, 5.74) is -0.864. The fourth-order valence-corrected chi connectivity index (χ4v) is 8.24. The third kappa shape index (κ3) is 6.41. The first kappa shape index (κ1) is 32.6. The predicted octanol–water partition coefficient (Wildman–Crippen LogP) is 6.49. The highest BCUT2D eigenvalue weighted by atomic mass is 32.2. The molecule has 3 fully saturated rings. The Morgan fingerprint density at radius 3 is 2.44 bits per heavy atom. The van der Waals surface area contributed by atoms with Crippen molar-refractivity contribution in [2.24, 2.45) is 11.3 Å². The van der Waals surface area contributed by atoms with Crippen LogP contribution < -0.4 is 13.8 Å². The Labute approximate surface area is 272 Å². The van der Waals surface area contributed by atoms with Gasteiger partial charge in [0.1, 0.15) is 23.4 Å². The zero-order valence-electron chi connectivity index (χ0n) is 25.3. The Kier molecular flexibility index (Phi) is 8.05. The number of ether oxygens (including phenoxy) is 3. The summed E-state index contributed by atoms with van der Waals surface area (Å²) >= 11 is 0. The van der Waals surface area contributed by atoms with E-state index in [1.165, 1.54) is 18.2 Å². The van der Waals surface area contributed by atoms with Gasteiger partial charge in [0.2, 0.25) is 5.91 Å². The summed E-state index contributed by atoms with van der Waals surface area (Å²) < 4.78 is 126. The molecule has 15 heteroatoms. The van der Waals surface area contributed by atoms with E-state index >= 15 is 0 Å². The molecule has 2 aliphatic heterocycles. The Balaban J connectivity index is 1.13. The lowest BCUT2D eigenvalue weighted by molar-refractivity contribution is -0.175. The Morgan fingerprint density at radius 1 is 1.00 bits per heavy atom. The van der Waals surface area contributed by atoms with E-state index in [1.54, 1.807) is 0 Å². The van der Waals surface area contributed by atoms with Crippen LogP contribution in [0.1, 0.15) is 31.2 Å². The van der Waals surface area contributed by atoms with Crippen molar-refractivity contribution < 1.29 is 53.8 Å². The summed E-state index contributed by atoms with van der Waals surface area (Å²) in [6, 6.07) is 10.5. The Morgan fingerprint density at radius 2 is 1.75 bits per heavy atom. The maximum atomic E-state index is 14.3. The minimum Gasteiger partial charge on any atom is -0.484 e. The van der Waals surface area contributed by atoms with Crippen LogP contribution in [0.2, 0.25) is 0 Å². The van der Waals surface area contributed by atoms with E-state index in [0.717, 1.165) is 66.4 Å². The molecule has 2 saturated carbocycles. The average molecular weight is 697 g/mol. The number of hydrogen-bond donors (Lipinski definition) is 0. The quantitative estimate of drug-likeness (QED) is 0.238. The molecule has 0 N–H and O–H groups in total. The third-order valence-corrected chi connectivity index (χ3v) is 11.0. The van der Waals surface area contributed by atoms with Crippen molar-refractivity contribution in [2.45, 2.75) is 55.6 Å². The van der Waals surface area contributed by atoms with Crippen molar-refractivity contribution >= 4 is 21.6 Å². The van der Waals surface area contributed by atoms with Gasteiger partial charge in [0.15, 0.2) is 0 Å². The molecule has 1 saturated heterocycles. The molecule has 1 amide bonds. The number of carbonyl (C=O) groups excluding carboxylic acids is 1. The second kappa shape index (κ2) is 11.9. The number of benzene rings is 3. The van der Waals surface area contributed by atoms with Crippen molar-refractivity contribution in [1.82, 2.24) is 4.90 Å². The van der Waals surface area contributed by atoms with E-state index in [0.29, 0.717) is 19.2 Å². The number of rotatable bonds is 9.